The van der Waals surface area contributed by atoms with Gasteiger partial charge in [-0.1, -0.05) is 62.2 Å². The van der Waals surface area contributed by atoms with E-state index in [2.05, 4.69) is 13.0 Å². The fourth-order valence-corrected chi connectivity index (χ4v) is 2.21. The molecule has 0 aliphatic heterocycles. The first-order valence-electron chi connectivity index (χ1n) is 7.01. The summed E-state index contributed by atoms with van der Waals surface area (Å²) in [5.41, 5.74) is 2.25. The fourth-order valence-electron chi connectivity index (χ4n) is 2.21. The van der Waals surface area contributed by atoms with Crippen LogP contribution in [0.15, 0.2) is 48.5 Å². The molecular weight excluding hydrogens is 248 g/mol. The van der Waals surface area contributed by atoms with Crippen molar-refractivity contribution in [1.29, 1.82) is 0 Å². The molecule has 2 N–H and O–H groups in total. The van der Waals surface area contributed by atoms with Gasteiger partial charge in [0.15, 0.2) is 0 Å². The number of para-hydroxylation sites is 1. The zero-order valence-electron chi connectivity index (χ0n) is 11.7. The minimum atomic E-state index is 0.178. The number of allylic oxidation sites excluding steroid dienone is 1. The van der Waals surface area contributed by atoms with E-state index >= 15 is 0 Å². The molecule has 0 heterocycles. The first-order valence-corrected chi connectivity index (χ1v) is 7.01. The molecule has 0 amide bonds. The molecule has 104 valence electrons. The van der Waals surface area contributed by atoms with Crippen molar-refractivity contribution in [2.24, 2.45) is 0 Å². The molecule has 2 nitrogen and oxygen atoms in total. The summed E-state index contributed by atoms with van der Waals surface area (Å²) >= 11 is 0. The third-order valence-electron chi connectivity index (χ3n) is 3.27. The number of hydrogen-bond acceptors (Lipinski definition) is 2. The number of aromatic hydroxyl groups is 2. The van der Waals surface area contributed by atoms with Crippen LogP contribution in [-0.4, -0.2) is 10.2 Å². The van der Waals surface area contributed by atoms with Crippen molar-refractivity contribution < 1.29 is 10.2 Å². The lowest BCUT2D eigenvalue weighted by molar-refractivity contribution is 0.469. The van der Waals surface area contributed by atoms with Gasteiger partial charge in [0.1, 0.15) is 11.5 Å². The van der Waals surface area contributed by atoms with Crippen molar-refractivity contribution in [3.05, 3.63) is 54.1 Å². The second-order valence-corrected chi connectivity index (χ2v) is 4.80. The van der Waals surface area contributed by atoms with Gasteiger partial charge in [-0.3, -0.25) is 0 Å². The summed E-state index contributed by atoms with van der Waals surface area (Å²) in [6, 6.07) is 12.5. The molecule has 0 unspecified atom stereocenters. The molecule has 0 atom stereocenters. The number of rotatable bonds is 5. The maximum Gasteiger partial charge on any atom is 0.124 e. The van der Waals surface area contributed by atoms with Crippen molar-refractivity contribution in [2.45, 2.75) is 26.2 Å². The number of hydrogen-bond donors (Lipinski definition) is 2. The number of unbranched alkanes of at least 4 members (excludes halogenated alkanes) is 2. The Labute approximate surface area is 120 Å². The van der Waals surface area contributed by atoms with E-state index in [1.54, 1.807) is 18.2 Å². The van der Waals surface area contributed by atoms with Crippen LogP contribution in [0.4, 0.5) is 0 Å². The van der Waals surface area contributed by atoms with Crippen molar-refractivity contribution in [2.75, 3.05) is 0 Å². The molecule has 2 aromatic carbocycles. The van der Waals surface area contributed by atoms with Crippen molar-refractivity contribution >= 4 is 6.08 Å². The van der Waals surface area contributed by atoms with Crippen LogP contribution in [0.3, 0.4) is 0 Å². The molecule has 0 fully saturated rings. The summed E-state index contributed by atoms with van der Waals surface area (Å²) in [6.45, 7) is 2.16. The summed E-state index contributed by atoms with van der Waals surface area (Å²) in [4.78, 5) is 0. The third kappa shape index (κ3) is 3.21. The Morgan fingerprint density at radius 1 is 0.950 bits per heavy atom. The van der Waals surface area contributed by atoms with Gasteiger partial charge in [0.2, 0.25) is 0 Å². The van der Waals surface area contributed by atoms with E-state index in [4.69, 9.17) is 0 Å². The van der Waals surface area contributed by atoms with E-state index in [-0.39, 0.29) is 11.5 Å². The Kier molecular flexibility index (Phi) is 4.83. The molecule has 0 saturated heterocycles. The number of benzene rings is 2. The van der Waals surface area contributed by atoms with Gasteiger partial charge >= 0.3 is 0 Å². The fraction of sp³-hybridized carbons (Fsp3) is 0.222. The maximum atomic E-state index is 10.1. The van der Waals surface area contributed by atoms with Crippen molar-refractivity contribution in [1.82, 2.24) is 0 Å². The second-order valence-electron chi connectivity index (χ2n) is 4.80. The lowest BCUT2D eigenvalue weighted by Crippen LogP contribution is -1.85. The topological polar surface area (TPSA) is 40.5 Å². The molecule has 0 aliphatic carbocycles. The molecule has 2 aromatic rings. The summed E-state index contributed by atoms with van der Waals surface area (Å²) < 4.78 is 0. The molecule has 0 saturated carbocycles. The second kappa shape index (κ2) is 6.80. The van der Waals surface area contributed by atoms with Gasteiger partial charge in [-0.05, 0) is 24.1 Å². The summed E-state index contributed by atoms with van der Waals surface area (Å²) in [7, 11) is 0. The summed E-state index contributed by atoms with van der Waals surface area (Å²) in [5.74, 6) is 0.362. The van der Waals surface area contributed by atoms with Crippen LogP contribution in [0.2, 0.25) is 0 Å². The van der Waals surface area contributed by atoms with Crippen molar-refractivity contribution in [3.8, 4) is 22.6 Å². The zero-order chi connectivity index (χ0) is 14.4. The first-order chi connectivity index (χ1) is 9.74. The van der Waals surface area contributed by atoms with E-state index in [9.17, 15) is 10.2 Å². The van der Waals surface area contributed by atoms with Crippen LogP contribution in [0.1, 0.15) is 31.7 Å². The Morgan fingerprint density at radius 3 is 2.45 bits per heavy atom. The molecular formula is C18H20O2. The SMILES string of the molecule is CCCCC=Cc1cccc(O)c1-c1ccccc1O. The van der Waals surface area contributed by atoms with Gasteiger partial charge < -0.3 is 10.2 Å². The monoisotopic (exact) mass is 268 g/mol. The lowest BCUT2D eigenvalue weighted by Gasteiger charge is -2.10. The van der Waals surface area contributed by atoms with Crippen LogP contribution < -0.4 is 0 Å². The summed E-state index contributed by atoms with van der Waals surface area (Å²) in [5, 5.41) is 20.1. The molecule has 2 heteroatoms. The minimum Gasteiger partial charge on any atom is -0.507 e. The first kappa shape index (κ1) is 14.2. The predicted octanol–water partition coefficient (Wildman–Crippen LogP) is 4.97. The highest BCUT2D eigenvalue weighted by Gasteiger charge is 2.11. The number of phenolic OH excluding ortho intramolecular Hbond substituents is 2. The van der Waals surface area contributed by atoms with E-state index < -0.39 is 0 Å². The van der Waals surface area contributed by atoms with E-state index in [0.29, 0.717) is 11.1 Å². The van der Waals surface area contributed by atoms with E-state index in [1.807, 2.05) is 30.3 Å². The van der Waals surface area contributed by atoms with Gasteiger partial charge in [0.25, 0.3) is 0 Å². The zero-order valence-corrected chi connectivity index (χ0v) is 11.7. The lowest BCUT2D eigenvalue weighted by atomic mass is 9.97. The van der Waals surface area contributed by atoms with E-state index in [1.165, 1.54) is 0 Å². The van der Waals surface area contributed by atoms with Crippen molar-refractivity contribution in [3.63, 3.8) is 0 Å². The average Bonchev–Trinajstić information content (AvgIpc) is 2.45. The molecule has 0 aliphatic rings. The molecule has 0 aromatic heterocycles. The minimum absolute atomic E-state index is 0.178. The van der Waals surface area contributed by atoms with Gasteiger partial charge in [-0.2, -0.15) is 0 Å². The van der Waals surface area contributed by atoms with E-state index in [0.717, 1.165) is 24.8 Å². The highest BCUT2D eigenvalue weighted by Crippen LogP contribution is 2.38. The van der Waals surface area contributed by atoms with Crippen LogP contribution in [0.5, 0.6) is 11.5 Å². The molecule has 0 bridgehead atoms. The Balaban J connectivity index is 2.42. The average molecular weight is 268 g/mol. The van der Waals surface area contributed by atoms with Gasteiger partial charge in [0.05, 0.1) is 0 Å². The molecule has 2 rings (SSSR count). The quantitative estimate of drug-likeness (QED) is 0.752. The smallest absolute Gasteiger partial charge is 0.124 e. The van der Waals surface area contributed by atoms with Gasteiger partial charge in [-0.15, -0.1) is 0 Å². The normalized spacial score (nSPS) is 11.1. The molecule has 0 radical (unpaired) electrons. The third-order valence-corrected chi connectivity index (χ3v) is 3.27. The predicted molar refractivity (Wildman–Crippen MR) is 83.8 cm³/mol. The van der Waals surface area contributed by atoms with Gasteiger partial charge in [-0.25, -0.2) is 0 Å². The Bertz CT molecular complexity index is 600. The standard InChI is InChI=1S/C18H20O2/c1-2-3-4-5-9-14-10-8-13-17(20)18(14)15-11-6-7-12-16(15)19/h5-13,19-20H,2-4H2,1H3. The van der Waals surface area contributed by atoms with Gasteiger partial charge in [0, 0.05) is 11.1 Å². The highest BCUT2D eigenvalue weighted by atomic mass is 16.3. The van der Waals surface area contributed by atoms with Crippen LogP contribution in [0, 0.1) is 0 Å². The molecule has 0 spiro atoms. The Morgan fingerprint density at radius 2 is 1.70 bits per heavy atom. The summed E-state index contributed by atoms with van der Waals surface area (Å²) in [6.07, 6.45) is 7.46. The van der Waals surface area contributed by atoms with Crippen LogP contribution in [-0.2, 0) is 0 Å². The maximum absolute atomic E-state index is 10.1. The molecule has 20 heavy (non-hydrogen) atoms. The highest BCUT2D eigenvalue weighted by molar-refractivity contribution is 5.83. The Hall–Kier alpha value is -2.22. The largest absolute Gasteiger partial charge is 0.507 e. The van der Waals surface area contributed by atoms with Crippen LogP contribution in [0.25, 0.3) is 17.2 Å². The van der Waals surface area contributed by atoms with Crippen LogP contribution >= 0.6 is 0 Å². The number of phenols is 2.